The summed E-state index contributed by atoms with van der Waals surface area (Å²) >= 11 is 0. The van der Waals surface area contributed by atoms with E-state index < -0.39 is 24.2 Å². The molecule has 0 amide bonds. The van der Waals surface area contributed by atoms with E-state index in [-0.39, 0.29) is 11.8 Å². The molecule has 0 radical (unpaired) electrons. The van der Waals surface area contributed by atoms with Crippen LogP contribution in [0.3, 0.4) is 0 Å². The molecule has 40 heavy (non-hydrogen) atoms. The summed E-state index contributed by atoms with van der Waals surface area (Å²) in [4.78, 5) is 22.5. The maximum atomic E-state index is 14.0. The van der Waals surface area contributed by atoms with Crippen LogP contribution in [0.5, 0.6) is 5.75 Å². The maximum Gasteiger partial charge on any atom is 0.380 e. The first kappa shape index (κ1) is 28.2. The number of hydrogen-bond acceptors (Lipinski definition) is 5. The number of halogens is 3. The van der Waals surface area contributed by atoms with Gasteiger partial charge < -0.3 is 19.4 Å². The molecule has 2 bridgehead atoms. The van der Waals surface area contributed by atoms with E-state index in [1.54, 1.807) is 7.11 Å². The van der Waals surface area contributed by atoms with Crippen LogP contribution in [0.4, 0.5) is 13.2 Å². The highest BCUT2D eigenvalue weighted by Crippen LogP contribution is 2.53. The SMILES string of the molecule is COc1cccc2[nH]c(CCCN(C)CC[C@@]3(OC(=O)C(F)(F)CF)C[C@@H]4CC[C@@H]3C=C4c3ccccc3)nc12. The number of aromatic nitrogens is 2. The number of methoxy groups -OCH3 is 1. The smallest absolute Gasteiger partial charge is 0.380 e. The van der Waals surface area contributed by atoms with E-state index >= 15 is 0 Å². The number of ether oxygens (including phenoxy) is 2. The minimum Gasteiger partial charge on any atom is -0.494 e. The fourth-order valence-corrected chi connectivity index (χ4v) is 6.25. The van der Waals surface area contributed by atoms with Crippen molar-refractivity contribution in [3.63, 3.8) is 0 Å². The summed E-state index contributed by atoms with van der Waals surface area (Å²) in [7, 11) is 3.59. The molecule has 0 unspecified atom stereocenters. The molecular weight excluding hydrogens is 519 g/mol. The third-order valence-corrected chi connectivity index (χ3v) is 8.40. The third kappa shape index (κ3) is 5.75. The van der Waals surface area contributed by atoms with E-state index in [0.717, 1.165) is 60.4 Å². The number of nitrogens with zero attached hydrogens (tertiary/aromatic N) is 2. The first-order valence-electron chi connectivity index (χ1n) is 13.9. The lowest BCUT2D eigenvalue weighted by Crippen LogP contribution is -2.53. The first-order valence-corrected chi connectivity index (χ1v) is 13.9. The molecule has 0 aliphatic heterocycles. The van der Waals surface area contributed by atoms with Crippen LogP contribution in [0.25, 0.3) is 16.6 Å². The number of carbonyl (C=O) groups is 1. The van der Waals surface area contributed by atoms with Crippen molar-refractivity contribution in [2.24, 2.45) is 11.8 Å². The Kier molecular flexibility index (Phi) is 8.21. The highest BCUT2D eigenvalue weighted by Gasteiger charge is 2.53. The van der Waals surface area contributed by atoms with Crippen molar-refractivity contribution in [1.29, 1.82) is 0 Å². The molecule has 1 fully saturated rings. The van der Waals surface area contributed by atoms with Crippen molar-refractivity contribution in [2.45, 2.75) is 50.0 Å². The summed E-state index contributed by atoms with van der Waals surface area (Å²) in [6, 6.07) is 15.8. The van der Waals surface area contributed by atoms with Crippen molar-refractivity contribution >= 4 is 22.6 Å². The molecule has 1 heterocycles. The van der Waals surface area contributed by atoms with Gasteiger partial charge in [0.25, 0.3) is 0 Å². The number of H-pyrrole nitrogens is 1. The molecule has 214 valence electrons. The van der Waals surface area contributed by atoms with Crippen LogP contribution in [0.15, 0.2) is 54.6 Å². The molecule has 3 aliphatic carbocycles. The zero-order chi connectivity index (χ0) is 28.3. The summed E-state index contributed by atoms with van der Waals surface area (Å²) in [5, 5.41) is 0. The van der Waals surface area contributed by atoms with Gasteiger partial charge >= 0.3 is 11.9 Å². The highest BCUT2D eigenvalue weighted by molar-refractivity contribution is 5.81. The molecule has 6 rings (SSSR count). The van der Waals surface area contributed by atoms with Gasteiger partial charge in [0.15, 0.2) is 6.67 Å². The van der Waals surface area contributed by atoms with Gasteiger partial charge in [0, 0.05) is 25.3 Å². The van der Waals surface area contributed by atoms with Crippen LogP contribution in [-0.4, -0.2) is 66.3 Å². The van der Waals surface area contributed by atoms with E-state index in [1.165, 1.54) is 5.57 Å². The van der Waals surface area contributed by atoms with E-state index in [0.29, 0.717) is 19.4 Å². The number of esters is 1. The number of imidazole rings is 1. The topological polar surface area (TPSA) is 67.4 Å². The summed E-state index contributed by atoms with van der Waals surface area (Å²) in [5.41, 5.74) is 2.92. The normalized spacial score (nSPS) is 22.5. The molecule has 9 heteroatoms. The molecule has 2 aromatic carbocycles. The number of aromatic amines is 1. The first-order chi connectivity index (χ1) is 19.2. The van der Waals surface area contributed by atoms with Crippen LogP contribution in [0.2, 0.25) is 0 Å². The minimum atomic E-state index is -4.14. The molecular formula is C31H36F3N3O3. The zero-order valence-corrected chi connectivity index (χ0v) is 23.0. The Hall–Kier alpha value is -3.33. The fourth-order valence-electron chi connectivity index (χ4n) is 6.25. The largest absolute Gasteiger partial charge is 0.494 e. The zero-order valence-electron chi connectivity index (χ0n) is 23.0. The molecule has 1 N–H and O–H groups in total. The molecule has 3 aliphatic rings. The second-order valence-electron chi connectivity index (χ2n) is 11.1. The monoisotopic (exact) mass is 555 g/mol. The number of nitrogens with one attached hydrogen (secondary N) is 1. The Labute approximate surface area is 232 Å². The lowest BCUT2D eigenvalue weighted by Gasteiger charge is -2.50. The molecule has 6 nitrogen and oxygen atoms in total. The Morgan fingerprint density at radius 1 is 1.15 bits per heavy atom. The van der Waals surface area contributed by atoms with Crippen LogP contribution in [-0.2, 0) is 16.0 Å². The second kappa shape index (κ2) is 11.6. The highest BCUT2D eigenvalue weighted by atomic mass is 19.3. The summed E-state index contributed by atoms with van der Waals surface area (Å²) in [6.07, 6.45) is 6.18. The van der Waals surface area contributed by atoms with Gasteiger partial charge in [-0.15, -0.1) is 0 Å². The van der Waals surface area contributed by atoms with Crippen LogP contribution >= 0.6 is 0 Å². The number of para-hydroxylation sites is 1. The third-order valence-electron chi connectivity index (χ3n) is 8.40. The standard InChI is InChI=1S/C31H36F3N3O3/c1-37(16-7-12-27-35-25-10-6-11-26(39-2)28(25)36-27)17-15-30(40-29(38)31(33,34)20-32)19-22-13-14-23(30)18-24(22)21-8-4-3-5-9-21/h3-6,8-11,18,22-23H,7,12-17,19-20H2,1-2H3,(H,35,36)/t22-,23+,30+/m0/s1. The molecule has 3 aromatic rings. The van der Waals surface area contributed by atoms with Gasteiger partial charge in [0.1, 0.15) is 22.7 Å². The Bertz CT molecular complexity index is 1360. The van der Waals surface area contributed by atoms with Gasteiger partial charge in [-0.3, -0.25) is 0 Å². The second-order valence-corrected chi connectivity index (χ2v) is 11.1. The van der Waals surface area contributed by atoms with Gasteiger partial charge in [-0.25, -0.2) is 14.2 Å². The molecule has 1 aromatic heterocycles. The van der Waals surface area contributed by atoms with Gasteiger partial charge in [0.2, 0.25) is 0 Å². The van der Waals surface area contributed by atoms with Crippen LogP contribution in [0.1, 0.15) is 43.5 Å². The van der Waals surface area contributed by atoms with Gasteiger partial charge in [0.05, 0.1) is 12.6 Å². The average Bonchev–Trinajstić information content (AvgIpc) is 3.40. The number of allylic oxidation sites excluding steroid dienone is 1. The van der Waals surface area contributed by atoms with E-state index in [2.05, 4.69) is 20.9 Å². The summed E-state index contributed by atoms with van der Waals surface area (Å²) in [6.45, 7) is -0.757. The van der Waals surface area contributed by atoms with Crippen LogP contribution in [0, 0.1) is 11.8 Å². The van der Waals surface area contributed by atoms with Crippen molar-refractivity contribution in [3.05, 3.63) is 66.0 Å². The lowest BCUT2D eigenvalue weighted by atomic mass is 9.60. The quantitative estimate of drug-likeness (QED) is 0.269. The number of alkyl halides is 3. The van der Waals surface area contributed by atoms with Crippen LogP contribution < -0.4 is 4.74 Å². The number of aryl methyl sites for hydroxylation is 1. The van der Waals surface area contributed by atoms with E-state index in [1.807, 2.05) is 55.6 Å². The Morgan fingerprint density at radius 2 is 1.95 bits per heavy atom. The summed E-state index contributed by atoms with van der Waals surface area (Å²) in [5.74, 6) is -4.42. The van der Waals surface area contributed by atoms with Gasteiger partial charge in [-0.2, -0.15) is 8.78 Å². The predicted octanol–water partition coefficient (Wildman–Crippen LogP) is 6.23. The predicted molar refractivity (Wildman–Crippen MR) is 148 cm³/mol. The molecule has 3 atom stereocenters. The maximum absolute atomic E-state index is 14.0. The number of benzene rings is 2. The summed E-state index contributed by atoms with van der Waals surface area (Å²) < 4.78 is 52.0. The lowest BCUT2D eigenvalue weighted by molar-refractivity contribution is -0.201. The number of rotatable bonds is 12. The number of hydrogen-bond donors (Lipinski definition) is 1. The van der Waals surface area contributed by atoms with Crippen molar-refractivity contribution < 1.29 is 27.4 Å². The minimum absolute atomic E-state index is 0.0922. The van der Waals surface area contributed by atoms with Crippen molar-refractivity contribution in [1.82, 2.24) is 14.9 Å². The molecule has 1 saturated carbocycles. The molecule has 0 spiro atoms. The molecule has 0 saturated heterocycles. The van der Waals surface area contributed by atoms with Gasteiger partial charge in [-0.05, 0) is 68.5 Å². The Morgan fingerprint density at radius 3 is 2.65 bits per heavy atom. The van der Waals surface area contributed by atoms with E-state index in [9.17, 15) is 18.0 Å². The van der Waals surface area contributed by atoms with E-state index in [4.69, 9.17) is 9.47 Å². The van der Waals surface area contributed by atoms with Crippen molar-refractivity contribution in [3.8, 4) is 5.75 Å². The fraction of sp³-hybridized carbons (Fsp3) is 0.484. The van der Waals surface area contributed by atoms with Gasteiger partial charge in [-0.1, -0.05) is 42.5 Å². The van der Waals surface area contributed by atoms with Crippen molar-refractivity contribution in [2.75, 3.05) is 33.9 Å². The number of carbonyl (C=O) groups excluding carboxylic acids is 1. The average molecular weight is 556 g/mol. The number of fused-ring (bicyclic) bond motifs is 3. The Balaban J connectivity index is 1.26.